The Labute approximate surface area is 60.5 Å². The molecule has 1 aliphatic rings. The van der Waals surface area contributed by atoms with Crippen LogP contribution in [0.5, 0.6) is 0 Å². The van der Waals surface area contributed by atoms with Gasteiger partial charge in [-0.05, 0) is 25.8 Å². The average molecular weight is 143 g/mol. The summed E-state index contributed by atoms with van der Waals surface area (Å²) in [7, 11) is 0. The van der Waals surface area contributed by atoms with Crippen molar-refractivity contribution in [2.24, 2.45) is 5.73 Å². The lowest BCUT2D eigenvalue weighted by Gasteiger charge is -2.06. The molecule has 0 radical (unpaired) electrons. The predicted octanol–water partition coefficient (Wildman–Crippen LogP) is 0.431. The van der Waals surface area contributed by atoms with E-state index >= 15 is 0 Å². The lowest BCUT2D eigenvalue weighted by atomic mass is 10.1. The van der Waals surface area contributed by atoms with Crippen LogP contribution in [0.15, 0.2) is 0 Å². The summed E-state index contributed by atoms with van der Waals surface area (Å²) in [6.07, 6.45) is 3.53. The van der Waals surface area contributed by atoms with Gasteiger partial charge in [-0.3, -0.25) is 4.79 Å². The van der Waals surface area contributed by atoms with Crippen molar-refractivity contribution < 1.29 is 9.53 Å². The Morgan fingerprint density at radius 1 is 1.70 bits per heavy atom. The number of carbonyl (C=O) groups excluding carboxylic acids is 1. The summed E-state index contributed by atoms with van der Waals surface area (Å²) < 4.78 is 4.97. The van der Waals surface area contributed by atoms with Crippen molar-refractivity contribution in [3.8, 4) is 0 Å². The summed E-state index contributed by atoms with van der Waals surface area (Å²) in [5, 5.41) is 0. The summed E-state index contributed by atoms with van der Waals surface area (Å²) in [6.45, 7) is 0.689. The zero-order valence-corrected chi connectivity index (χ0v) is 6.01. The number of hydrogen-bond acceptors (Lipinski definition) is 3. The number of rotatable bonds is 3. The molecule has 1 unspecified atom stereocenters. The van der Waals surface area contributed by atoms with Crippen LogP contribution in [0.25, 0.3) is 0 Å². The molecular formula is C7H13NO2. The molecule has 0 amide bonds. The zero-order valence-electron chi connectivity index (χ0n) is 6.01. The monoisotopic (exact) mass is 143 g/mol. The molecule has 10 heavy (non-hydrogen) atoms. The summed E-state index contributed by atoms with van der Waals surface area (Å²) in [5.74, 6) is -0.0537. The minimum Gasteiger partial charge on any atom is -0.462 e. The van der Waals surface area contributed by atoms with Crippen LogP contribution in [0.2, 0.25) is 0 Å². The maximum Gasteiger partial charge on any atom is 0.306 e. The van der Waals surface area contributed by atoms with E-state index in [0.717, 1.165) is 19.3 Å². The minimum atomic E-state index is -0.0537. The van der Waals surface area contributed by atoms with Gasteiger partial charge in [0.25, 0.3) is 0 Å². The van der Waals surface area contributed by atoms with Crippen molar-refractivity contribution in [2.45, 2.75) is 31.8 Å². The van der Waals surface area contributed by atoms with Gasteiger partial charge >= 0.3 is 5.97 Å². The second kappa shape index (κ2) is 3.56. The summed E-state index contributed by atoms with van der Waals surface area (Å²) in [4.78, 5) is 10.6. The Balaban J connectivity index is 2.12. The molecule has 1 atom stereocenters. The molecular weight excluding hydrogens is 130 g/mol. The van der Waals surface area contributed by atoms with Crippen molar-refractivity contribution in [1.29, 1.82) is 0 Å². The fourth-order valence-corrected chi connectivity index (χ4v) is 1.13. The van der Waals surface area contributed by atoms with Crippen molar-refractivity contribution in [1.82, 2.24) is 0 Å². The highest BCUT2D eigenvalue weighted by atomic mass is 16.5. The molecule has 1 aliphatic heterocycles. The van der Waals surface area contributed by atoms with Crippen molar-refractivity contribution >= 4 is 5.97 Å². The first-order valence-electron chi connectivity index (χ1n) is 3.72. The van der Waals surface area contributed by atoms with Gasteiger partial charge in [0, 0.05) is 6.42 Å². The first-order chi connectivity index (χ1) is 4.83. The lowest BCUT2D eigenvalue weighted by molar-refractivity contribution is -0.141. The summed E-state index contributed by atoms with van der Waals surface area (Å²) in [6, 6.07) is 0. The maximum atomic E-state index is 10.6. The van der Waals surface area contributed by atoms with Crippen LogP contribution in [-0.4, -0.2) is 18.6 Å². The van der Waals surface area contributed by atoms with E-state index in [-0.39, 0.29) is 12.1 Å². The van der Waals surface area contributed by atoms with E-state index in [4.69, 9.17) is 10.5 Å². The molecule has 0 aliphatic carbocycles. The largest absolute Gasteiger partial charge is 0.462 e. The van der Waals surface area contributed by atoms with Crippen LogP contribution in [0.1, 0.15) is 25.7 Å². The van der Waals surface area contributed by atoms with Gasteiger partial charge < -0.3 is 10.5 Å². The Hall–Kier alpha value is -0.570. The van der Waals surface area contributed by atoms with Crippen molar-refractivity contribution in [3.63, 3.8) is 0 Å². The van der Waals surface area contributed by atoms with E-state index in [1.165, 1.54) is 0 Å². The molecule has 3 heteroatoms. The fraction of sp³-hybridized carbons (Fsp3) is 0.857. The van der Waals surface area contributed by atoms with E-state index in [1.54, 1.807) is 0 Å². The number of hydrogen-bond donors (Lipinski definition) is 1. The predicted molar refractivity (Wildman–Crippen MR) is 37.4 cm³/mol. The standard InChI is InChI=1S/C7H13NO2/c8-5-1-2-6-3-4-7(9)10-6/h6H,1-5,8H2. The minimum absolute atomic E-state index is 0.0537. The van der Waals surface area contributed by atoms with E-state index < -0.39 is 0 Å². The summed E-state index contributed by atoms with van der Waals surface area (Å²) in [5.41, 5.74) is 5.30. The Morgan fingerprint density at radius 2 is 2.50 bits per heavy atom. The third-order valence-corrected chi connectivity index (χ3v) is 1.70. The maximum absolute atomic E-state index is 10.6. The van der Waals surface area contributed by atoms with E-state index in [2.05, 4.69) is 0 Å². The molecule has 1 fully saturated rings. The molecule has 0 aromatic rings. The van der Waals surface area contributed by atoms with Gasteiger partial charge in [-0.25, -0.2) is 0 Å². The van der Waals surface area contributed by atoms with Crippen LogP contribution in [0.3, 0.4) is 0 Å². The highest BCUT2D eigenvalue weighted by Crippen LogP contribution is 2.17. The van der Waals surface area contributed by atoms with E-state index in [1.807, 2.05) is 0 Å². The molecule has 0 aromatic carbocycles. The van der Waals surface area contributed by atoms with Gasteiger partial charge in [0.1, 0.15) is 6.10 Å². The molecule has 1 saturated heterocycles. The Kier molecular flexibility index (Phi) is 2.68. The number of ether oxygens (including phenoxy) is 1. The van der Waals surface area contributed by atoms with Crippen LogP contribution in [0.4, 0.5) is 0 Å². The van der Waals surface area contributed by atoms with Crippen molar-refractivity contribution in [3.05, 3.63) is 0 Å². The molecule has 1 rings (SSSR count). The molecule has 0 aromatic heterocycles. The third kappa shape index (κ3) is 1.99. The average Bonchev–Trinajstić information content (AvgIpc) is 2.31. The molecule has 58 valence electrons. The second-order valence-electron chi connectivity index (χ2n) is 2.58. The molecule has 0 saturated carbocycles. The van der Waals surface area contributed by atoms with Gasteiger partial charge in [0.15, 0.2) is 0 Å². The molecule has 0 spiro atoms. The number of carbonyl (C=O) groups is 1. The molecule has 3 nitrogen and oxygen atoms in total. The first kappa shape index (κ1) is 7.54. The van der Waals surface area contributed by atoms with Gasteiger partial charge in [0.2, 0.25) is 0 Å². The van der Waals surface area contributed by atoms with Crippen LogP contribution in [0, 0.1) is 0 Å². The van der Waals surface area contributed by atoms with Gasteiger partial charge in [0.05, 0.1) is 0 Å². The molecule has 1 heterocycles. The molecule has 2 N–H and O–H groups in total. The van der Waals surface area contributed by atoms with Gasteiger partial charge in [-0.1, -0.05) is 0 Å². The number of nitrogens with two attached hydrogens (primary N) is 1. The first-order valence-corrected chi connectivity index (χ1v) is 3.72. The van der Waals surface area contributed by atoms with Crippen LogP contribution in [-0.2, 0) is 9.53 Å². The number of cyclic esters (lactones) is 1. The normalized spacial score (nSPS) is 24.9. The lowest BCUT2D eigenvalue weighted by Crippen LogP contribution is -2.09. The highest BCUT2D eigenvalue weighted by molar-refractivity contribution is 5.71. The van der Waals surface area contributed by atoms with Gasteiger partial charge in [-0.2, -0.15) is 0 Å². The number of esters is 1. The zero-order chi connectivity index (χ0) is 7.40. The van der Waals surface area contributed by atoms with E-state index in [9.17, 15) is 4.79 Å². The Morgan fingerprint density at radius 3 is 3.00 bits per heavy atom. The third-order valence-electron chi connectivity index (χ3n) is 1.70. The van der Waals surface area contributed by atoms with Gasteiger partial charge in [-0.15, -0.1) is 0 Å². The fourth-order valence-electron chi connectivity index (χ4n) is 1.13. The Bertz CT molecular complexity index is 125. The smallest absolute Gasteiger partial charge is 0.306 e. The second-order valence-corrected chi connectivity index (χ2v) is 2.58. The quantitative estimate of drug-likeness (QED) is 0.583. The SMILES string of the molecule is NCCCC1CCC(=O)O1. The van der Waals surface area contributed by atoms with Crippen LogP contribution < -0.4 is 5.73 Å². The highest BCUT2D eigenvalue weighted by Gasteiger charge is 2.21. The summed E-state index contributed by atoms with van der Waals surface area (Å²) >= 11 is 0. The van der Waals surface area contributed by atoms with E-state index in [0.29, 0.717) is 13.0 Å². The van der Waals surface area contributed by atoms with Crippen LogP contribution >= 0.6 is 0 Å². The topological polar surface area (TPSA) is 52.3 Å². The van der Waals surface area contributed by atoms with Crippen molar-refractivity contribution in [2.75, 3.05) is 6.54 Å². The molecule has 0 bridgehead atoms.